The van der Waals surface area contributed by atoms with Crippen LogP contribution in [0.5, 0.6) is 0 Å². The lowest BCUT2D eigenvalue weighted by atomic mass is 9.71. The Hall–Kier alpha value is -0.0400. The number of rotatable bonds is 6. The molecule has 13 heavy (non-hydrogen) atoms. The average Bonchev–Trinajstić information content (AvgIpc) is 2.03. The summed E-state index contributed by atoms with van der Waals surface area (Å²) in [6.07, 6.45) is 2.63. The second-order valence-corrected chi connectivity index (χ2v) is 5.06. The highest BCUT2D eigenvalue weighted by Gasteiger charge is 2.28. The molecular formula is C12H27N. The smallest absolute Gasteiger partial charge is 0.00234 e. The second-order valence-electron chi connectivity index (χ2n) is 5.06. The van der Waals surface area contributed by atoms with Gasteiger partial charge in [-0.2, -0.15) is 0 Å². The standard InChI is InChI=1S/C12H27N/c1-7-8-12(4,5)11(3)10(2)9-13-6/h10-11,13H,7-9H2,1-6H3. The predicted octanol–water partition coefficient (Wildman–Crippen LogP) is 3.30. The van der Waals surface area contributed by atoms with Crippen LogP contribution in [0.2, 0.25) is 0 Å². The van der Waals surface area contributed by atoms with Crippen LogP contribution in [0.4, 0.5) is 0 Å². The topological polar surface area (TPSA) is 12.0 Å². The van der Waals surface area contributed by atoms with E-state index in [1.54, 1.807) is 0 Å². The first-order valence-electron chi connectivity index (χ1n) is 5.60. The van der Waals surface area contributed by atoms with E-state index in [0.717, 1.165) is 18.4 Å². The van der Waals surface area contributed by atoms with Crippen LogP contribution in [0.15, 0.2) is 0 Å². The van der Waals surface area contributed by atoms with E-state index in [9.17, 15) is 0 Å². The Labute approximate surface area is 84.3 Å². The molecule has 1 N–H and O–H groups in total. The molecule has 0 aromatic carbocycles. The molecule has 0 radical (unpaired) electrons. The van der Waals surface area contributed by atoms with Gasteiger partial charge < -0.3 is 5.32 Å². The van der Waals surface area contributed by atoms with Gasteiger partial charge in [0, 0.05) is 0 Å². The Morgan fingerprint density at radius 3 is 2.15 bits per heavy atom. The number of nitrogens with one attached hydrogen (secondary N) is 1. The molecule has 0 fully saturated rings. The third-order valence-electron chi connectivity index (χ3n) is 3.51. The first-order chi connectivity index (χ1) is 5.95. The third kappa shape index (κ3) is 4.12. The van der Waals surface area contributed by atoms with Gasteiger partial charge in [0.15, 0.2) is 0 Å². The molecule has 1 nitrogen and oxygen atoms in total. The molecule has 0 aromatic heterocycles. The van der Waals surface area contributed by atoms with Gasteiger partial charge in [0.1, 0.15) is 0 Å². The van der Waals surface area contributed by atoms with E-state index >= 15 is 0 Å². The zero-order chi connectivity index (χ0) is 10.5. The molecule has 2 atom stereocenters. The van der Waals surface area contributed by atoms with Gasteiger partial charge in [-0.15, -0.1) is 0 Å². The highest BCUT2D eigenvalue weighted by molar-refractivity contribution is 4.79. The number of hydrogen-bond acceptors (Lipinski definition) is 1. The molecule has 0 bridgehead atoms. The Kier molecular flexibility index (Phi) is 5.62. The molecule has 0 saturated carbocycles. The van der Waals surface area contributed by atoms with Gasteiger partial charge in [-0.1, -0.05) is 41.0 Å². The van der Waals surface area contributed by atoms with Crippen LogP contribution in [-0.4, -0.2) is 13.6 Å². The van der Waals surface area contributed by atoms with Crippen LogP contribution in [0.1, 0.15) is 47.5 Å². The highest BCUT2D eigenvalue weighted by atomic mass is 14.8. The van der Waals surface area contributed by atoms with Crippen LogP contribution in [0.25, 0.3) is 0 Å². The van der Waals surface area contributed by atoms with Gasteiger partial charge in [0.05, 0.1) is 0 Å². The zero-order valence-corrected chi connectivity index (χ0v) is 10.3. The van der Waals surface area contributed by atoms with E-state index in [1.807, 2.05) is 7.05 Å². The predicted molar refractivity (Wildman–Crippen MR) is 60.9 cm³/mol. The first kappa shape index (κ1) is 13.0. The third-order valence-corrected chi connectivity index (χ3v) is 3.51. The molecule has 0 amide bonds. The molecule has 0 aliphatic heterocycles. The van der Waals surface area contributed by atoms with Crippen molar-refractivity contribution in [2.24, 2.45) is 17.3 Å². The Morgan fingerprint density at radius 2 is 1.77 bits per heavy atom. The van der Waals surface area contributed by atoms with Crippen molar-refractivity contribution < 1.29 is 0 Å². The average molecular weight is 185 g/mol. The molecule has 0 saturated heterocycles. The molecule has 0 aliphatic rings. The largest absolute Gasteiger partial charge is 0.319 e. The van der Waals surface area contributed by atoms with E-state index in [-0.39, 0.29) is 0 Å². The molecule has 0 heterocycles. The monoisotopic (exact) mass is 185 g/mol. The summed E-state index contributed by atoms with van der Waals surface area (Å²) < 4.78 is 0. The van der Waals surface area contributed by atoms with Gasteiger partial charge in [-0.25, -0.2) is 0 Å². The van der Waals surface area contributed by atoms with Gasteiger partial charge in [0.25, 0.3) is 0 Å². The van der Waals surface area contributed by atoms with E-state index in [4.69, 9.17) is 0 Å². The Morgan fingerprint density at radius 1 is 1.23 bits per heavy atom. The van der Waals surface area contributed by atoms with Crippen molar-refractivity contribution in [2.45, 2.75) is 47.5 Å². The van der Waals surface area contributed by atoms with Gasteiger partial charge in [-0.3, -0.25) is 0 Å². The minimum absolute atomic E-state index is 0.491. The van der Waals surface area contributed by atoms with Crippen LogP contribution >= 0.6 is 0 Å². The summed E-state index contributed by atoms with van der Waals surface area (Å²) in [6, 6.07) is 0. The van der Waals surface area contributed by atoms with Crippen molar-refractivity contribution in [3.63, 3.8) is 0 Å². The summed E-state index contributed by atoms with van der Waals surface area (Å²) >= 11 is 0. The summed E-state index contributed by atoms with van der Waals surface area (Å²) in [5.74, 6) is 1.56. The number of hydrogen-bond donors (Lipinski definition) is 1. The fraction of sp³-hybridized carbons (Fsp3) is 1.00. The van der Waals surface area contributed by atoms with E-state index in [2.05, 4.69) is 39.9 Å². The summed E-state index contributed by atoms with van der Waals surface area (Å²) in [4.78, 5) is 0. The van der Waals surface area contributed by atoms with Crippen LogP contribution in [0.3, 0.4) is 0 Å². The van der Waals surface area contributed by atoms with Gasteiger partial charge >= 0.3 is 0 Å². The molecule has 80 valence electrons. The molecule has 2 unspecified atom stereocenters. The molecular weight excluding hydrogens is 158 g/mol. The fourth-order valence-corrected chi connectivity index (χ4v) is 2.14. The molecule has 0 rings (SSSR count). The maximum absolute atomic E-state index is 3.26. The maximum Gasteiger partial charge on any atom is -0.00234 e. The van der Waals surface area contributed by atoms with Gasteiger partial charge in [0.2, 0.25) is 0 Å². The van der Waals surface area contributed by atoms with Crippen molar-refractivity contribution in [3.05, 3.63) is 0 Å². The Balaban J connectivity index is 4.12. The van der Waals surface area contributed by atoms with Gasteiger partial charge in [-0.05, 0) is 37.3 Å². The van der Waals surface area contributed by atoms with E-state index in [0.29, 0.717) is 5.41 Å². The lowest BCUT2D eigenvalue weighted by Crippen LogP contribution is -2.32. The molecule has 0 aromatic rings. The fourth-order valence-electron chi connectivity index (χ4n) is 2.14. The molecule has 0 aliphatic carbocycles. The lowest BCUT2D eigenvalue weighted by Gasteiger charge is -2.36. The Bertz CT molecular complexity index is 129. The highest BCUT2D eigenvalue weighted by Crippen LogP contribution is 2.36. The van der Waals surface area contributed by atoms with Crippen molar-refractivity contribution >= 4 is 0 Å². The van der Waals surface area contributed by atoms with E-state index < -0.39 is 0 Å². The van der Waals surface area contributed by atoms with Crippen molar-refractivity contribution in [3.8, 4) is 0 Å². The SMILES string of the molecule is CCCC(C)(C)C(C)C(C)CNC. The van der Waals surface area contributed by atoms with Crippen molar-refractivity contribution in [1.29, 1.82) is 0 Å². The van der Waals surface area contributed by atoms with Crippen molar-refractivity contribution in [1.82, 2.24) is 5.32 Å². The van der Waals surface area contributed by atoms with Crippen LogP contribution in [-0.2, 0) is 0 Å². The van der Waals surface area contributed by atoms with E-state index in [1.165, 1.54) is 12.8 Å². The summed E-state index contributed by atoms with van der Waals surface area (Å²) in [5, 5.41) is 3.26. The molecule has 0 spiro atoms. The first-order valence-corrected chi connectivity index (χ1v) is 5.60. The quantitative estimate of drug-likeness (QED) is 0.669. The molecule has 1 heteroatoms. The summed E-state index contributed by atoms with van der Waals surface area (Å²) in [5.41, 5.74) is 0.491. The minimum atomic E-state index is 0.491. The lowest BCUT2D eigenvalue weighted by molar-refractivity contribution is 0.150. The van der Waals surface area contributed by atoms with Crippen LogP contribution in [0, 0.1) is 17.3 Å². The minimum Gasteiger partial charge on any atom is -0.319 e. The second kappa shape index (κ2) is 5.64. The summed E-state index contributed by atoms with van der Waals surface area (Å²) in [7, 11) is 2.04. The maximum atomic E-state index is 3.26. The van der Waals surface area contributed by atoms with Crippen LogP contribution < -0.4 is 5.32 Å². The zero-order valence-electron chi connectivity index (χ0n) is 10.3. The summed E-state index contributed by atoms with van der Waals surface area (Å²) in [6.45, 7) is 12.9. The van der Waals surface area contributed by atoms with Crippen molar-refractivity contribution in [2.75, 3.05) is 13.6 Å². The normalized spacial score (nSPS) is 17.1.